The van der Waals surface area contributed by atoms with E-state index in [0.29, 0.717) is 18.3 Å². The highest BCUT2D eigenvalue weighted by molar-refractivity contribution is 5.93. The number of carbonyl (C=O) groups excluding carboxylic acids is 1. The van der Waals surface area contributed by atoms with Gasteiger partial charge in [0.1, 0.15) is 5.75 Å². The van der Waals surface area contributed by atoms with Crippen LogP contribution < -0.4 is 10.1 Å². The third kappa shape index (κ3) is 4.80. The molecule has 1 aliphatic rings. The van der Waals surface area contributed by atoms with Crippen LogP contribution in [0.15, 0.2) is 54.6 Å². The number of methoxy groups -OCH3 is 1. The summed E-state index contributed by atoms with van der Waals surface area (Å²) in [5.41, 5.74) is 5.24. The van der Waals surface area contributed by atoms with E-state index in [2.05, 4.69) is 29.6 Å². The predicted molar refractivity (Wildman–Crippen MR) is 121 cm³/mol. The highest BCUT2D eigenvalue weighted by Crippen LogP contribution is 2.27. The molecule has 0 saturated carbocycles. The normalized spacial score (nSPS) is 15.4. The molecule has 0 unspecified atom stereocenters. The molecule has 1 aromatic heterocycles. The summed E-state index contributed by atoms with van der Waals surface area (Å²) in [5.74, 6) is 0.836. The molecule has 1 amide bonds. The monoisotopic (exact) mass is 418 g/mol. The van der Waals surface area contributed by atoms with Crippen molar-refractivity contribution in [1.82, 2.24) is 20.0 Å². The molecule has 0 radical (unpaired) electrons. The number of benzene rings is 2. The van der Waals surface area contributed by atoms with Crippen LogP contribution in [0.3, 0.4) is 0 Å². The van der Waals surface area contributed by atoms with Gasteiger partial charge in [-0.2, -0.15) is 5.10 Å². The highest BCUT2D eigenvalue weighted by atomic mass is 16.5. The second-order valence-electron chi connectivity index (χ2n) is 8.29. The number of nitrogens with one attached hydrogen (secondary N) is 1. The molecule has 31 heavy (non-hydrogen) atoms. The van der Waals surface area contributed by atoms with Crippen LogP contribution in [-0.2, 0) is 25.9 Å². The van der Waals surface area contributed by atoms with E-state index in [1.165, 1.54) is 16.8 Å². The van der Waals surface area contributed by atoms with E-state index < -0.39 is 0 Å². The average Bonchev–Trinajstić information content (AvgIpc) is 3.15. The molecule has 1 heterocycles. The number of carbonyl (C=O) groups is 1. The maximum Gasteiger partial charge on any atom is 0.274 e. The summed E-state index contributed by atoms with van der Waals surface area (Å²) in [5, 5.41) is 8.43. The Balaban J connectivity index is 1.54. The Hall–Kier alpha value is -3.12. The summed E-state index contributed by atoms with van der Waals surface area (Å²) in [6.07, 6.45) is 2.74. The molecule has 6 heteroatoms. The maximum atomic E-state index is 12.9. The van der Waals surface area contributed by atoms with Gasteiger partial charge in [-0.3, -0.25) is 9.48 Å². The molecule has 3 aromatic rings. The number of nitrogens with zero attached hydrogens (tertiary/aromatic N) is 3. The molecule has 4 rings (SSSR count). The molecule has 0 aliphatic heterocycles. The van der Waals surface area contributed by atoms with E-state index in [1.54, 1.807) is 26.1 Å². The van der Waals surface area contributed by atoms with E-state index in [1.807, 2.05) is 35.0 Å². The van der Waals surface area contributed by atoms with Crippen molar-refractivity contribution in [2.75, 3.05) is 21.2 Å². The van der Waals surface area contributed by atoms with Crippen molar-refractivity contribution >= 4 is 5.91 Å². The Morgan fingerprint density at radius 3 is 2.68 bits per heavy atom. The van der Waals surface area contributed by atoms with Gasteiger partial charge in [0.2, 0.25) is 0 Å². The summed E-state index contributed by atoms with van der Waals surface area (Å²) < 4.78 is 7.36. The minimum atomic E-state index is -0.0310. The van der Waals surface area contributed by atoms with E-state index >= 15 is 0 Å². The number of rotatable bonds is 7. The molecule has 0 saturated heterocycles. The Morgan fingerprint density at radius 1 is 1.16 bits per heavy atom. The first kappa shape index (κ1) is 21.1. The fourth-order valence-electron chi connectivity index (χ4n) is 4.18. The lowest BCUT2D eigenvalue weighted by molar-refractivity contribution is 0.0820. The van der Waals surface area contributed by atoms with Crippen LogP contribution in [0.1, 0.15) is 39.3 Å². The van der Waals surface area contributed by atoms with Gasteiger partial charge < -0.3 is 15.0 Å². The largest absolute Gasteiger partial charge is 0.497 e. The zero-order chi connectivity index (χ0) is 21.8. The van der Waals surface area contributed by atoms with Gasteiger partial charge in [0.05, 0.1) is 13.7 Å². The fourth-order valence-corrected chi connectivity index (χ4v) is 4.18. The lowest BCUT2D eigenvalue weighted by atomic mass is 9.91. The second-order valence-corrected chi connectivity index (χ2v) is 8.29. The van der Waals surface area contributed by atoms with Gasteiger partial charge in [0, 0.05) is 37.9 Å². The van der Waals surface area contributed by atoms with Gasteiger partial charge >= 0.3 is 0 Å². The van der Waals surface area contributed by atoms with Crippen LogP contribution in [0.4, 0.5) is 0 Å². The van der Waals surface area contributed by atoms with E-state index in [-0.39, 0.29) is 5.91 Å². The van der Waals surface area contributed by atoms with E-state index in [4.69, 9.17) is 9.84 Å². The molecule has 2 aromatic carbocycles. The van der Waals surface area contributed by atoms with Crippen molar-refractivity contribution in [2.45, 2.75) is 38.4 Å². The van der Waals surface area contributed by atoms with Gasteiger partial charge in [-0.1, -0.05) is 42.5 Å². The molecular weight excluding hydrogens is 388 g/mol. The summed E-state index contributed by atoms with van der Waals surface area (Å²) in [4.78, 5) is 14.5. The molecular formula is C25H30N4O2. The topological polar surface area (TPSA) is 59.4 Å². The molecule has 1 aliphatic carbocycles. The smallest absolute Gasteiger partial charge is 0.274 e. The van der Waals surface area contributed by atoms with Gasteiger partial charge in [0.25, 0.3) is 5.91 Å². The second kappa shape index (κ2) is 9.35. The third-order valence-electron chi connectivity index (χ3n) is 5.86. The first-order valence-electron chi connectivity index (χ1n) is 10.8. The van der Waals surface area contributed by atoms with E-state index in [9.17, 15) is 4.79 Å². The lowest BCUT2D eigenvalue weighted by Gasteiger charge is -2.25. The first-order valence-corrected chi connectivity index (χ1v) is 10.8. The molecule has 0 fully saturated rings. The van der Waals surface area contributed by atoms with Gasteiger partial charge in [-0.15, -0.1) is 0 Å². The maximum absolute atomic E-state index is 12.9. The predicted octanol–water partition coefficient (Wildman–Crippen LogP) is 3.29. The standard InChI is InChI=1S/C25H30N4O2/c1-28(2)25(30)24-22-15-20(26-16-19-10-7-11-21(14-19)31-3)12-13-23(22)29(27-24)17-18-8-5-4-6-9-18/h4-11,14,20,26H,12-13,15-17H2,1-3H3/t20-/m1/s1. The number of hydrogen-bond acceptors (Lipinski definition) is 4. The van der Waals surface area contributed by atoms with Crippen LogP contribution >= 0.6 is 0 Å². The van der Waals surface area contributed by atoms with Crippen molar-refractivity contribution < 1.29 is 9.53 Å². The first-order chi connectivity index (χ1) is 15.0. The van der Waals surface area contributed by atoms with Crippen LogP contribution in [0.25, 0.3) is 0 Å². The van der Waals surface area contributed by atoms with Crippen LogP contribution in [0.5, 0.6) is 5.75 Å². The summed E-state index contributed by atoms with van der Waals surface area (Å²) in [6, 6.07) is 18.7. The minimum Gasteiger partial charge on any atom is -0.497 e. The van der Waals surface area contributed by atoms with Crippen molar-refractivity contribution in [3.63, 3.8) is 0 Å². The molecule has 162 valence electrons. The molecule has 0 bridgehead atoms. The average molecular weight is 419 g/mol. The van der Waals surface area contributed by atoms with Crippen molar-refractivity contribution in [3.8, 4) is 5.75 Å². The number of amides is 1. The molecule has 1 N–H and O–H groups in total. The summed E-state index contributed by atoms with van der Waals surface area (Å²) in [7, 11) is 5.25. The van der Waals surface area contributed by atoms with Crippen LogP contribution in [-0.4, -0.2) is 47.8 Å². The quantitative estimate of drug-likeness (QED) is 0.640. The molecule has 6 nitrogen and oxygen atoms in total. The Labute approximate surface area is 183 Å². The molecule has 0 spiro atoms. The van der Waals surface area contributed by atoms with Gasteiger partial charge in [0.15, 0.2) is 5.69 Å². The van der Waals surface area contributed by atoms with Crippen molar-refractivity contribution in [2.24, 2.45) is 0 Å². The lowest BCUT2D eigenvalue weighted by Crippen LogP contribution is -2.35. The third-order valence-corrected chi connectivity index (χ3v) is 5.86. The fraction of sp³-hybridized carbons (Fsp3) is 0.360. The number of hydrogen-bond donors (Lipinski definition) is 1. The zero-order valence-electron chi connectivity index (χ0n) is 18.5. The Morgan fingerprint density at radius 2 is 1.94 bits per heavy atom. The zero-order valence-corrected chi connectivity index (χ0v) is 18.5. The van der Waals surface area contributed by atoms with Gasteiger partial charge in [-0.25, -0.2) is 0 Å². The molecule has 1 atom stereocenters. The van der Waals surface area contributed by atoms with E-state index in [0.717, 1.165) is 37.1 Å². The minimum absolute atomic E-state index is 0.0310. The van der Waals surface area contributed by atoms with Crippen LogP contribution in [0.2, 0.25) is 0 Å². The van der Waals surface area contributed by atoms with Crippen molar-refractivity contribution in [1.29, 1.82) is 0 Å². The Bertz CT molecular complexity index is 1040. The Kier molecular flexibility index (Phi) is 6.37. The summed E-state index contributed by atoms with van der Waals surface area (Å²) >= 11 is 0. The van der Waals surface area contributed by atoms with Crippen LogP contribution in [0, 0.1) is 0 Å². The SMILES string of the molecule is COc1cccc(CN[C@@H]2CCc3c(c(C(=O)N(C)C)nn3Cc3ccccc3)C2)c1. The highest BCUT2D eigenvalue weighted by Gasteiger charge is 2.29. The van der Waals surface area contributed by atoms with Crippen molar-refractivity contribution in [3.05, 3.63) is 82.7 Å². The summed E-state index contributed by atoms with van der Waals surface area (Å²) in [6.45, 7) is 1.46. The number of fused-ring (bicyclic) bond motifs is 1. The van der Waals surface area contributed by atoms with Gasteiger partial charge in [-0.05, 0) is 42.5 Å². The number of ether oxygens (including phenoxy) is 1. The number of aromatic nitrogens is 2.